The van der Waals surface area contributed by atoms with Crippen LogP contribution in [0, 0.1) is 23.7 Å². The summed E-state index contributed by atoms with van der Waals surface area (Å²) in [7, 11) is 0. The third-order valence-electron chi connectivity index (χ3n) is 6.54. The predicted octanol–water partition coefficient (Wildman–Crippen LogP) is 8.74. The summed E-state index contributed by atoms with van der Waals surface area (Å²) >= 11 is 0. The minimum absolute atomic E-state index is 0.413. The molecular formula is C31H52N2. The molecule has 186 valence electrons. The topological polar surface area (TPSA) is 6.48 Å². The second kappa shape index (κ2) is 13.1. The summed E-state index contributed by atoms with van der Waals surface area (Å²) in [6, 6.07) is 0. The van der Waals surface area contributed by atoms with Gasteiger partial charge in [-0.1, -0.05) is 99.3 Å². The molecule has 0 aliphatic carbocycles. The highest BCUT2D eigenvalue weighted by Gasteiger charge is 2.31. The van der Waals surface area contributed by atoms with Gasteiger partial charge in [-0.3, -0.25) is 0 Å². The smallest absolute Gasteiger partial charge is 0.0904 e. The molecule has 0 N–H and O–H groups in total. The molecule has 0 aromatic carbocycles. The van der Waals surface area contributed by atoms with Gasteiger partial charge in [0.2, 0.25) is 0 Å². The molecule has 1 heterocycles. The van der Waals surface area contributed by atoms with Gasteiger partial charge in [0.15, 0.2) is 0 Å². The molecule has 1 fully saturated rings. The second-order valence-electron chi connectivity index (χ2n) is 10.7. The van der Waals surface area contributed by atoms with E-state index in [1.165, 1.54) is 39.3 Å². The molecular weight excluding hydrogens is 400 g/mol. The van der Waals surface area contributed by atoms with Gasteiger partial charge in [0.05, 0.1) is 6.67 Å². The van der Waals surface area contributed by atoms with Crippen LogP contribution in [0.1, 0.15) is 82.6 Å². The van der Waals surface area contributed by atoms with Crippen LogP contribution in [0.5, 0.6) is 0 Å². The Morgan fingerprint density at radius 3 is 1.73 bits per heavy atom. The van der Waals surface area contributed by atoms with Crippen molar-refractivity contribution < 1.29 is 0 Å². The molecule has 0 bridgehead atoms. The molecule has 1 rings (SSSR count). The van der Waals surface area contributed by atoms with Gasteiger partial charge in [0.25, 0.3) is 0 Å². The molecule has 33 heavy (non-hydrogen) atoms. The summed E-state index contributed by atoms with van der Waals surface area (Å²) in [6.45, 7) is 36.7. The van der Waals surface area contributed by atoms with Gasteiger partial charge in [0.1, 0.15) is 0 Å². The van der Waals surface area contributed by atoms with E-state index in [9.17, 15) is 0 Å². The zero-order valence-corrected chi connectivity index (χ0v) is 23.7. The van der Waals surface area contributed by atoms with Crippen molar-refractivity contribution in [2.45, 2.75) is 82.6 Å². The van der Waals surface area contributed by atoms with Gasteiger partial charge in [-0.25, -0.2) is 0 Å². The first-order valence-corrected chi connectivity index (χ1v) is 13.0. The maximum absolute atomic E-state index is 4.56. The summed E-state index contributed by atoms with van der Waals surface area (Å²) < 4.78 is 0. The Kier molecular flexibility index (Phi) is 11.5. The minimum atomic E-state index is 0.413. The van der Waals surface area contributed by atoms with Crippen molar-refractivity contribution in [3.63, 3.8) is 0 Å². The third kappa shape index (κ3) is 7.26. The number of hydrogen-bond donors (Lipinski definition) is 0. The Labute approximate surface area is 206 Å². The highest BCUT2D eigenvalue weighted by molar-refractivity contribution is 5.45. The maximum Gasteiger partial charge on any atom is 0.0904 e. The van der Waals surface area contributed by atoms with Gasteiger partial charge in [0, 0.05) is 24.5 Å². The molecule has 2 nitrogen and oxygen atoms in total. The molecule has 1 aliphatic rings. The van der Waals surface area contributed by atoms with Crippen LogP contribution in [0.3, 0.4) is 0 Å². The van der Waals surface area contributed by atoms with Gasteiger partial charge < -0.3 is 9.80 Å². The molecule has 0 aromatic heterocycles. The van der Waals surface area contributed by atoms with Crippen molar-refractivity contribution in [3.8, 4) is 0 Å². The van der Waals surface area contributed by atoms with Crippen molar-refractivity contribution in [1.29, 1.82) is 0 Å². The Bertz CT molecular complexity index is 812. The zero-order chi connectivity index (χ0) is 25.5. The Morgan fingerprint density at radius 2 is 1.36 bits per heavy atom. The zero-order valence-electron chi connectivity index (χ0n) is 23.7. The summed E-state index contributed by atoms with van der Waals surface area (Å²) in [4.78, 5) is 5.16. The summed E-state index contributed by atoms with van der Waals surface area (Å²) in [5.74, 6) is 1.76. The third-order valence-corrected chi connectivity index (χ3v) is 6.54. The molecule has 0 spiro atoms. The molecule has 0 saturated carbocycles. The molecule has 0 atom stereocenters. The molecule has 0 amide bonds. The van der Waals surface area contributed by atoms with Crippen molar-refractivity contribution in [1.82, 2.24) is 9.80 Å². The normalized spacial score (nSPS) is 17.1. The minimum Gasteiger partial charge on any atom is -0.352 e. The van der Waals surface area contributed by atoms with E-state index < -0.39 is 0 Å². The number of rotatable bonds is 11. The maximum atomic E-state index is 4.56. The average molecular weight is 453 g/mol. The molecule has 0 radical (unpaired) electrons. The Hall–Kier alpha value is -1.96. The van der Waals surface area contributed by atoms with Gasteiger partial charge >= 0.3 is 0 Å². The summed E-state index contributed by atoms with van der Waals surface area (Å²) in [5.41, 5.74) is 9.37. The molecule has 2 heteroatoms. The van der Waals surface area contributed by atoms with E-state index in [-0.39, 0.29) is 0 Å². The van der Waals surface area contributed by atoms with Crippen molar-refractivity contribution in [2.75, 3.05) is 19.8 Å². The number of nitrogens with zero attached hydrogens (tertiary/aromatic N) is 2. The number of hydrogen-bond acceptors (Lipinski definition) is 2. The van der Waals surface area contributed by atoms with Crippen LogP contribution in [-0.2, 0) is 0 Å². The van der Waals surface area contributed by atoms with E-state index >= 15 is 0 Å². The monoisotopic (exact) mass is 452 g/mol. The number of allylic oxidation sites excluding steroid dienone is 8. The van der Waals surface area contributed by atoms with E-state index in [1.807, 2.05) is 0 Å². The fraction of sp³-hybridized carbons (Fsp3) is 0.613. The lowest BCUT2D eigenvalue weighted by molar-refractivity contribution is 0.323. The van der Waals surface area contributed by atoms with Crippen molar-refractivity contribution >= 4 is 0 Å². The van der Waals surface area contributed by atoms with Gasteiger partial charge in [-0.15, -0.1) is 0 Å². The SMILES string of the molecule is C=C(C)C(=C(C(=CC)C(C)C)N1CCN(C(C(=C)C(C)C)=C(C=CCC)C(C)C)C1)C(C)C. The standard InChI is InChI=1S/C31H52N2/c1-14-16-17-28(23(7)8)30(26(13)21(3)4)32-18-19-33(20-32)31(27(15-2)22(5)6)29(24(9)10)25(11)12/h15-17,21-23,25H,9,13-14,18-20H2,1-8,10-12H3. The van der Waals surface area contributed by atoms with E-state index in [1.54, 1.807) is 0 Å². The van der Waals surface area contributed by atoms with Crippen LogP contribution in [0.4, 0.5) is 0 Å². The van der Waals surface area contributed by atoms with Crippen molar-refractivity contribution in [2.24, 2.45) is 23.7 Å². The van der Waals surface area contributed by atoms with E-state index in [0.717, 1.165) is 26.2 Å². The van der Waals surface area contributed by atoms with Gasteiger partial charge in [-0.05, 0) is 66.2 Å². The van der Waals surface area contributed by atoms with E-state index in [2.05, 4.69) is 117 Å². The fourth-order valence-corrected chi connectivity index (χ4v) is 4.81. The predicted molar refractivity (Wildman–Crippen MR) is 149 cm³/mol. The van der Waals surface area contributed by atoms with Crippen LogP contribution in [0.25, 0.3) is 0 Å². The van der Waals surface area contributed by atoms with Gasteiger partial charge in [-0.2, -0.15) is 0 Å². The van der Waals surface area contributed by atoms with Crippen LogP contribution < -0.4 is 0 Å². The fourth-order valence-electron chi connectivity index (χ4n) is 4.81. The van der Waals surface area contributed by atoms with E-state index in [4.69, 9.17) is 0 Å². The molecule has 1 aliphatic heterocycles. The van der Waals surface area contributed by atoms with Crippen LogP contribution in [0.2, 0.25) is 0 Å². The highest BCUT2D eigenvalue weighted by Crippen LogP contribution is 2.37. The molecule has 0 aromatic rings. The lowest BCUT2D eigenvalue weighted by Crippen LogP contribution is -2.30. The van der Waals surface area contributed by atoms with Crippen molar-refractivity contribution in [3.05, 3.63) is 70.6 Å². The Morgan fingerprint density at radius 1 is 0.818 bits per heavy atom. The largest absolute Gasteiger partial charge is 0.352 e. The molecule has 1 saturated heterocycles. The van der Waals surface area contributed by atoms with Crippen LogP contribution in [-0.4, -0.2) is 29.6 Å². The lowest BCUT2D eigenvalue weighted by Gasteiger charge is -2.33. The van der Waals surface area contributed by atoms with Crippen LogP contribution in [0.15, 0.2) is 70.6 Å². The molecule has 0 unspecified atom stereocenters. The van der Waals surface area contributed by atoms with Crippen LogP contribution >= 0.6 is 0 Å². The first-order valence-electron chi connectivity index (χ1n) is 13.0. The summed E-state index contributed by atoms with van der Waals surface area (Å²) in [6.07, 6.45) is 7.98. The lowest BCUT2D eigenvalue weighted by atomic mass is 9.87. The Balaban J connectivity index is 3.67. The first kappa shape index (κ1) is 29.1. The van der Waals surface area contributed by atoms with E-state index in [0.29, 0.717) is 23.7 Å². The average Bonchev–Trinajstić information content (AvgIpc) is 3.18. The quantitative estimate of drug-likeness (QED) is 0.289. The summed E-state index contributed by atoms with van der Waals surface area (Å²) in [5, 5.41) is 0. The second-order valence-corrected chi connectivity index (χ2v) is 10.7. The highest BCUT2D eigenvalue weighted by atomic mass is 15.4. The first-order chi connectivity index (χ1) is 15.4.